The van der Waals surface area contributed by atoms with E-state index in [9.17, 15) is 5.11 Å². The Bertz CT molecular complexity index is 957. The minimum absolute atomic E-state index is 0.00674. The van der Waals surface area contributed by atoms with Crippen molar-refractivity contribution in [2.45, 2.75) is 136 Å². The quantitative estimate of drug-likeness (QED) is 0.406. The minimum atomic E-state index is -0.334. The van der Waals surface area contributed by atoms with Gasteiger partial charge in [0.05, 0.1) is 35.6 Å². The van der Waals surface area contributed by atoms with Crippen LogP contribution in [0.2, 0.25) is 0 Å². The third-order valence-corrected chi connectivity index (χ3v) is 13.5. The number of aliphatic hydroxyl groups excluding tert-OH is 1. The van der Waals surface area contributed by atoms with E-state index in [2.05, 4.69) is 61.5 Å². The van der Waals surface area contributed by atoms with Crippen LogP contribution in [-0.2, 0) is 18.9 Å². The lowest BCUT2D eigenvalue weighted by atomic mass is 9.40. The van der Waals surface area contributed by atoms with E-state index in [1.807, 2.05) is 14.2 Å². The zero-order valence-corrected chi connectivity index (χ0v) is 26.1. The highest BCUT2D eigenvalue weighted by atomic mass is 16.6. The van der Waals surface area contributed by atoms with Crippen LogP contribution in [0.4, 0.5) is 0 Å². The first-order valence-electron chi connectivity index (χ1n) is 15.2. The molecule has 0 bridgehead atoms. The number of hydrogen-bond acceptors (Lipinski definition) is 5. The van der Waals surface area contributed by atoms with Crippen LogP contribution in [0.1, 0.15) is 100 Å². The molecular formula is C33H56O5. The molecule has 0 aromatic heterocycles. The molecule has 4 aliphatic carbocycles. The molecule has 1 N–H and O–H groups in total. The summed E-state index contributed by atoms with van der Waals surface area (Å²) in [5.41, 5.74) is 1.00. The Balaban J connectivity index is 1.55. The molecule has 5 rings (SSSR count). The number of ether oxygens (including phenoxy) is 4. The largest absolute Gasteiger partial charge is 0.393 e. The van der Waals surface area contributed by atoms with Crippen LogP contribution in [0.3, 0.4) is 0 Å². The maximum absolute atomic E-state index is 11.9. The smallest absolute Gasteiger partial charge is 0.0883 e. The van der Waals surface area contributed by atoms with E-state index in [4.69, 9.17) is 18.9 Å². The summed E-state index contributed by atoms with van der Waals surface area (Å²) in [6, 6.07) is 0. The van der Waals surface area contributed by atoms with Gasteiger partial charge in [0.25, 0.3) is 0 Å². The van der Waals surface area contributed by atoms with Gasteiger partial charge >= 0.3 is 0 Å². The molecule has 0 spiro atoms. The van der Waals surface area contributed by atoms with Crippen LogP contribution in [-0.4, -0.2) is 62.1 Å². The normalized spacial score (nSPS) is 52.2. The zero-order valence-electron chi connectivity index (χ0n) is 26.1. The Hall–Kier alpha value is -0.460. The number of allylic oxidation sites excluding steroid dienone is 2. The summed E-state index contributed by atoms with van der Waals surface area (Å²) in [4.78, 5) is 0. The monoisotopic (exact) mass is 532 g/mol. The van der Waals surface area contributed by atoms with E-state index in [-0.39, 0.29) is 69.1 Å². The molecule has 5 nitrogen and oxygen atoms in total. The fourth-order valence-electron chi connectivity index (χ4n) is 11.3. The van der Waals surface area contributed by atoms with Crippen molar-refractivity contribution in [3.63, 3.8) is 0 Å². The molecule has 7 unspecified atom stereocenters. The van der Waals surface area contributed by atoms with Crippen LogP contribution < -0.4 is 0 Å². The van der Waals surface area contributed by atoms with Crippen molar-refractivity contribution in [1.29, 1.82) is 0 Å². The van der Waals surface area contributed by atoms with Gasteiger partial charge in [0.15, 0.2) is 0 Å². The van der Waals surface area contributed by atoms with E-state index in [0.717, 1.165) is 44.9 Å². The summed E-state index contributed by atoms with van der Waals surface area (Å²) in [6.07, 6.45) is 9.74. The number of aliphatic hydroxyl groups is 1. The summed E-state index contributed by atoms with van der Waals surface area (Å²) in [7, 11) is 5.53. The second-order valence-corrected chi connectivity index (χ2v) is 15.8. The zero-order chi connectivity index (χ0) is 28.1. The first-order chi connectivity index (χ1) is 17.6. The molecule has 4 fully saturated rings. The summed E-state index contributed by atoms with van der Waals surface area (Å²) in [5, 5.41) is 11.9. The molecule has 1 aliphatic heterocycles. The number of fused-ring (bicyclic) bond motifs is 5. The molecule has 5 heteroatoms. The van der Waals surface area contributed by atoms with Gasteiger partial charge in [0, 0.05) is 33.2 Å². The van der Waals surface area contributed by atoms with Gasteiger partial charge in [0.1, 0.15) is 0 Å². The third-order valence-electron chi connectivity index (χ3n) is 13.5. The van der Waals surface area contributed by atoms with Crippen LogP contribution >= 0.6 is 0 Å². The Labute approximate surface area is 232 Å². The highest BCUT2D eigenvalue weighted by Gasteiger charge is 2.71. The molecule has 38 heavy (non-hydrogen) atoms. The molecule has 5 aliphatic rings. The molecule has 0 aromatic rings. The summed E-state index contributed by atoms with van der Waals surface area (Å²) < 4.78 is 25.2. The molecule has 0 amide bonds. The van der Waals surface area contributed by atoms with Crippen LogP contribution in [0.5, 0.6) is 0 Å². The van der Waals surface area contributed by atoms with E-state index >= 15 is 0 Å². The SMILES string of the molecule is COC1C[C@@]2(C)C3C[C@H](O)[C@@H]4C(C)(CCC(OC)C4(C)C)C3=CCC2(C)C1[C@@]1(C)CCC(C(C)(C)OC)O1. The lowest BCUT2D eigenvalue weighted by Gasteiger charge is -2.65. The van der Waals surface area contributed by atoms with Gasteiger partial charge in [-0.3, -0.25) is 0 Å². The molecule has 1 heterocycles. The molecule has 11 atom stereocenters. The van der Waals surface area contributed by atoms with E-state index in [0.29, 0.717) is 5.92 Å². The van der Waals surface area contributed by atoms with Gasteiger partial charge in [-0.1, -0.05) is 46.3 Å². The predicted molar refractivity (Wildman–Crippen MR) is 151 cm³/mol. The van der Waals surface area contributed by atoms with Crippen molar-refractivity contribution in [2.75, 3.05) is 21.3 Å². The average Bonchev–Trinajstić information content (AvgIpc) is 3.35. The van der Waals surface area contributed by atoms with Gasteiger partial charge < -0.3 is 24.1 Å². The van der Waals surface area contributed by atoms with Crippen LogP contribution in [0, 0.1) is 39.4 Å². The highest BCUT2D eigenvalue weighted by Crippen LogP contribution is 2.74. The first kappa shape index (κ1) is 29.0. The molecular weight excluding hydrogens is 476 g/mol. The van der Waals surface area contributed by atoms with Crippen molar-refractivity contribution in [3.8, 4) is 0 Å². The topological polar surface area (TPSA) is 57.2 Å². The van der Waals surface area contributed by atoms with Crippen LogP contribution in [0.15, 0.2) is 11.6 Å². The number of rotatable bonds is 5. The maximum atomic E-state index is 11.9. The summed E-state index contributed by atoms with van der Waals surface area (Å²) >= 11 is 0. The van der Waals surface area contributed by atoms with Gasteiger partial charge in [-0.2, -0.15) is 0 Å². The summed E-state index contributed by atoms with van der Waals surface area (Å²) in [6.45, 7) is 18.8. The Morgan fingerprint density at radius 3 is 2.21 bits per heavy atom. The lowest BCUT2D eigenvalue weighted by molar-refractivity contribution is -0.190. The Morgan fingerprint density at radius 2 is 1.61 bits per heavy atom. The number of hydrogen-bond donors (Lipinski definition) is 1. The van der Waals surface area contributed by atoms with Crippen molar-refractivity contribution in [2.24, 2.45) is 39.4 Å². The fourth-order valence-corrected chi connectivity index (χ4v) is 11.3. The van der Waals surface area contributed by atoms with Crippen molar-refractivity contribution < 1.29 is 24.1 Å². The molecule has 1 saturated heterocycles. The average molecular weight is 533 g/mol. The van der Waals surface area contributed by atoms with Gasteiger partial charge in [0.2, 0.25) is 0 Å². The van der Waals surface area contributed by atoms with E-state index in [1.165, 1.54) is 0 Å². The first-order valence-corrected chi connectivity index (χ1v) is 15.2. The van der Waals surface area contributed by atoms with Gasteiger partial charge in [-0.25, -0.2) is 0 Å². The Morgan fingerprint density at radius 1 is 0.921 bits per heavy atom. The predicted octanol–water partition coefficient (Wildman–Crippen LogP) is 6.57. The summed E-state index contributed by atoms with van der Waals surface area (Å²) in [5.74, 6) is 0.836. The molecule has 218 valence electrons. The third kappa shape index (κ3) is 3.67. The van der Waals surface area contributed by atoms with Gasteiger partial charge in [-0.15, -0.1) is 0 Å². The van der Waals surface area contributed by atoms with Crippen LogP contribution in [0.25, 0.3) is 0 Å². The second-order valence-electron chi connectivity index (χ2n) is 15.8. The molecule has 0 aromatic carbocycles. The van der Waals surface area contributed by atoms with E-state index < -0.39 is 0 Å². The lowest BCUT2D eigenvalue weighted by Crippen LogP contribution is -2.62. The van der Waals surface area contributed by atoms with Crippen molar-refractivity contribution in [3.05, 3.63) is 11.6 Å². The van der Waals surface area contributed by atoms with E-state index in [1.54, 1.807) is 12.7 Å². The van der Waals surface area contributed by atoms with Gasteiger partial charge in [-0.05, 0) is 93.3 Å². The Kier molecular flexibility index (Phi) is 6.89. The molecule has 3 saturated carbocycles. The number of methoxy groups -OCH3 is 3. The fraction of sp³-hybridized carbons (Fsp3) is 0.939. The second kappa shape index (κ2) is 9.02. The van der Waals surface area contributed by atoms with Crippen molar-refractivity contribution in [1.82, 2.24) is 0 Å². The van der Waals surface area contributed by atoms with Crippen molar-refractivity contribution >= 4 is 0 Å². The molecule has 0 radical (unpaired) electrons. The minimum Gasteiger partial charge on any atom is -0.393 e. The maximum Gasteiger partial charge on any atom is 0.0883 e. The standard InChI is InChI=1S/C33H56O5/c1-28(2)24(36-10)13-15-30(5)20-12-16-31(6)27(33(8)17-14-25(38-33)29(3,4)37-11)23(35-9)19-32(31,7)21(20)18-22(34)26(28)30/h12,21-27,34H,13-19H2,1-11H3/t21?,22-,23?,24?,25?,26-,27?,30?,31?,32-,33+/m0/s1. The highest BCUT2D eigenvalue weighted by molar-refractivity contribution is 5.35.